The summed E-state index contributed by atoms with van der Waals surface area (Å²) in [5, 5.41) is 19.3. The summed E-state index contributed by atoms with van der Waals surface area (Å²) in [5.41, 5.74) is 0.103. The summed E-state index contributed by atoms with van der Waals surface area (Å²) < 4.78 is 32.1. The Morgan fingerprint density at radius 2 is 1.21 bits per heavy atom. The first-order valence-electron chi connectivity index (χ1n) is 6.54. The van der Waals surface area contributed by atoms with Gasteiger partial charge < -0.3 is 10.2 Å². The predicted octanol–water partition coefficient (Wildman–Crippen LogP) is 4.63. The molecule has 0 atom stereocenters. The molecule has 24 heavy (non-hydrogen) atoms. The van der Waals surface area contributed by atoms with Gasteiger partial charge in [-0.15, -0.1) is 0 Å². The van der Waals surface area contributed by atoms with E-state index in [1.54, 1.807) is 13.8 Å². The molecule has 130 valence electrons. The first-order chi connectivity index (χ1) is 10.9. The van der Waals surface area contributed by atoms with Gasteiger partial charge in [-0.2, -0.15) is 8.42 Å². The molecule has 9 heteroatoms. The molecule has 0 amide bonds. The quantitative estimate of drug-likeness (QED) is 0.640. The Labute approximate surface area is 154 Å². The number of hydrogen-bond acceptors (Lipinski definition) is 4. The van der Waals surface area contributed by atoms with Crippen LogP contribution in [0, 0.1) is 0 Å². The average molecular weight is 412 g/mol. The highest BCUT2D eigenvalue weighted by Crippen LogP contribution is 2.42. The summed E-state index contributed by atoms with van der Waals surface area (Å²) >= 11 is 17.8. The van der Waals surface area contributed by atoms with E-state index in [0.717, 1.165) is 6.07 Å². The highest BCUT2D eigenvalue weighted by atomic mass is 35.5. The zero-order valence-electron chi connectivity index (χ0n) is 12.5. The first-order valence-corrected chi connectivity index (χ1v) is 9.12. The third-order valence-corrected chi connectivity index (χ3v) is 5.50. The fourth-order valence-electron chi connectivity index (χ4n) is 2.22. The predicted molar refractivity (Wildman–Crippen MR) is 93.2 cm³/mol. The number of phenolic OH excluding ortho intramolecular Hbond substituents is 2. The molecule has 0 saturated carbocycles. The fourth-order valence-corrected chi connectivity index (χ4v) is 3.62. The molecule has 0 aromatic heterocycles. The number of halogens is 3. The van der Waals surface area contributed by atoms with Crippen LogP contribution in [-0.4, -0.2) is 23.2 Å². The third kappa shape index (κ3) is 3.43. The normalized spacial score (nSPS) is 12.4. The number of phenols is 2. The van der Waals surface area contributed by atoms with Crippen LogP contribution in [0.1, 0.15) is 25.0 Å². The van der Waals surface area contributed by atoms with Gasteiger partial charge in [0.25, 0.3) is 10.1 Å². The molecule has 2 rings (SSSR count). The number of hydrogen-bond donors (Lipinski definition) is 3. The van der Waals surface area contributed by atoms with Gasteiger partial charge in [-0.3, -0.25) is 4.55 Å². The van der Waals surface area contributed by atoms with E-state index in [1.165, 1.54) is 18.2 Å². The smallest absolute Gasteiger partial charge is 0.298 e. The lowest BCUT2D eigenvalue weighted by Gasteiger charge is -2.27. The van der Waals surface area contributed by atoms with Crippen LogP contribution in [0.25, 0.3) is 0 Å². The molecule has 0 unspecified atom stereocenters. The van der Waals surface area contributed by atoms with Crippen molar-refractivity contribution in [1.29, 1.82) is 0 Å². The molecule has 0 heterocycles. The molecule has 0 aliphatic rings. The van der Waals surface area contributed by atoms with Crippen molar-refractivity contribution in [2.45, 2.75) is 24.2 Å². The molecule has 0 spiro atoms. The van der Waals surface area contributed by atoms with Gasteiger partial charge in [-0.1, -0.05) is 48.7 Å². The zero-order chi connectivity index (χ0) is 18.4. The maximum absolute atomic E-state index is 11.4. The van der Waals surface area contributed by atoms with Crippen molar-refractivity contribution in [1.82, 2.24) is 0 Å². The van der Waals surface area contributed by atoms with E-state index < -0.39 is 26.2 Å². The lowest BCUT2D eigenvalue weighted by atomic mass is 9.78. The van der Waals surface area contributed by atoms with Crippen molar-refractivity contribution in [3.63, 3.8) is 0 Å². The standard InChI is InChI=1S/C15H13Cl3O5S/c1-15(2,7-3-9(16)13(19)10(17)4-7)8-5-11(18)14(20)12(6-8)24(21,22)23/h3-6,19-20H,1-2H3,(H,21,22,23). The lowest BCUT2D eigenvalue weighted by molar-refractivity contribution is 0.442. The van der Waals surface area contributed by atoms with E-state index in [2.05, 4.69) is 0 Å². The Morgan fingerprint density at radius 1 is 0.833 bits per heavy atom. The van der Waals surface area contributed by atoms with Crippen LogP contribution < -0.4 is 0 Å². The highest BCUT2D eigenvalue weighted by molar-refractivity contribution is 7.86. The van der Waals surface area contributed by atoms with Gasteiger partial charge in [0.05, 0.1) is 15.1 Å². The Morgan fingerprint density at radius 3 is 1.62 bits per heavy atom. The average Bonchev–Trinajstić information content (AvgIpc) is 2.45. The van der Waals surface area contributed by atoms with Crippen molar-refractivity contribution in [2.75, 3.05) is 0 Å². The Balaban J connectivity index is 2.73. The second kappa shape index (κ2) is 6.28. The van der Waals surface area contributed by atoms with Crippen molar-refractivity contribution < 1.29 is 23.2 Å². The minimum Gasteiger partial charge on any atom is -0.505 e. The fraction of sp³-hybridized carbons (Fsp3) is 0.200. The van der Waals surface area contributed by atoms with E-state index in [9.17, 15) is 23.2 Å². The largest absolute Gasteiger partial charge is 0.505 e. The van der Waals surface area contributed by atoms with E-state index in [4.69, 9.17) is 34.8 Å². The molecule has 0 radical (unpaired) electrons. The molecular weight excluding hydrogens is 399 g/mol. The maximum atomic E-state index is 11.4. The van der Waals surface area contributed by atoms with Crippen LogP contribution in [-0.2, 0) is 15.5 Å². The van der Waals surface area contributed by atoms with Crippen molar-refractivity contribution in [2.24, 2.45) is 0 Å². The highest BCUT2D eigenvalue weighted by Gasteiger charge is 2.29. The second-order valence-electron chi connectivity index (χ2n) is 5.69. The SMILES string of the molecule is CC(C)(c1cc(Cl)c(O)c(Cl)c1)c1cc(Cl)c(O)c(S(=O)(=O)O)c1. The van der Waals surface area contributed by atoms with Gasteiger partial charge in [0.2, 0.25) is 0 Å². The molecule has 0 saturated heterocycles. The van der Waals surface area contributed by atoms with Crippen LogP contribution in [0.3, 0.4) is 0 Å². The maximum Gasteiger partial charge on any atom is 0.298 e. The Hall–Kier alpha value is -1.18. The zero-order valence-corrected chi connectivity index (χ0v) is 15.6. The van der Waals surface area contributed by atoms with Crippen LogP contribution in [0.15, 0.2) is 29.2 Å². The summed E-state index contributed by atoms with van der Waals surface area (Å²) in [6, 6.07) is 5.46. The molecule has 0 fully saturated rings. The summed E-state index contributed by atoms with van der Waals surface area (Å²) in [5.74, 6) is -0.999. The second-order valence-corrected chi connectivity index (χ2v) is 8.30. The number of benzene rings is 2. The van der Waals surface area contributed by atoms with Crippen LogP contribution in [0.4, 0.5) is 0 Å². The molecule has 2 aromatic carbocycles. The van der Waals surface area contributed by atoms with Gasteiger partial charge in [-0.25, -0.2) is 0 Å². The monoisotopic (exact) mass is 410 g/mol. The third-order valence-electron chi connectivity index (χ3n) is 3.77. The molecule has 5 nitrogen and oxygen atoms in total. The minimum absolute atomic E-state index is 0.0328. The van der Waals surface area contributed by atoms with Crippen LogP contribution in [0.2, 0.25) is 15.1 Å². The van der Waals surface area contributed by atoms with E-state index in [1.807, 2.05) is 0 Å². The number of aromatic hydroxyl groups is 2. The summed E-state index contributed by atoms with van der Waals surface area (Å²) in [6.45, 7) is 3.48. The van der Waals surface area contributed by atoms with Crippen molar-refractivity contribution in [3.05, 3.63) is 50.5 Å². The van der Waals surface area contributed by atoms with Crippen molar-refractivity contribution in [3.8, 4) is 11.5 Å². The topological polar surface area (TPSA) is 94.8 Å². The van der Waals surface area contributed by atoms with Crippen LogP contribution in [0.5, 0.6) is 11.5 Å². The van der Waals surface area contributed by atoms with E-state index >= 15 is 0 Å². The first kappa shape index (κ1) is 19.1. The lowest BCUT2D eigenvalue weighted by Crippen LogP contribution is -2.20. The summed E-state index contributed by atoms with van der Waals surface area (Å²) in [4.78, 5) is -0.700. The van der Waals surface area contributed by atoms with Gasteiger partial charge in [0.15, 0.2) is 11.5 Å². The molecule has 2 aromatic rings. The van der Waals surface area contributed by atoms with Crippen molar-refractivity contribution >= 4 is 44.9 Å². The van der Waals surface area contributed by atoms with E-state index in [-0.39, 0.29) is 20.8 Å². The van der Waals surface area contributed by atoms with Gasteiger partial charge >= 0.3 is 0 Å². The molecule has 3 N–H and O–H groups in total. The molecule has 0 aliphatic carbocycles. The summed E-state index contributed by atoms with van der Waals surface area (Å²) in [6.07, 6.45) is 0. The number of rotatable bonds is 3. The summed E-state index contributed by atoms with van der Waals surface area (Å²) in [7, 11) is -4.67. The van der Waals surface area contributed by atoms with E-state index in [0.29, 0.717) is 11.1 Å². The Kier molecular flexibility index (Phi) is 5.01. The molecule has 0 bridgehead atoms. The van der Waals surface area contributed by atoms with Gasteiger partial charge in [0, 0.05) is 5.41 Å². The molecule has 0 aliphatic heterocycles. The Bertz CT molecular complexity index is 900. The minimum atomic E-state index is -4.67. The van der Waals surface area contributed by atoms with Gasteiger partial charge in [-0.05, 0) is 35.4 Å². The van der Waals surface area contributed by atoms with Crippen LogP contribution >= 0.6 is 34.8 Å². The molecular formula is C15H13Cl3O5S. The van der Waals surface area contributed by atoms with Gasteiger partial charge in [0.1, 0.15) is 4.90 Å².